The number of anilines is 1. The molecule has 120 valence electrons. The molecule has 0 saturated carbocycles. The van der Waals surface area contributed by atoms with Crippen LogP contribution in [0.2, 0.25) is 0 Å². The lowest BCUT2D eigenvalue weighted by Gasteiger charge is -1.98. The Morgan fingerprint density at radius 1 is 1.38 bits per heavy atom. The number of aryl methyl sites for hydroxylation is 1. The number of aromatic nitrogens is 3. The summed E-state index contributed by atoms with van der Waals surface area (Å²) >= 11 is 2.79. The molecule has 1 aromatic carbocycles. The zero-order valence-electron chi connectivity index (χ0n) is 12.5. The van der Waals surface area contributed by atoms with Crippen LogP contribution in [-0.4, -0.2) is 21.3 Å². The quantitative estimate of drug-likeness (QED) is 0.552. The van der Waals surface area contributed by atoms with Crippen LogP contribution >= 0.6 is 23.1 Å². The second kappa shape index (κ2) is 7.25. The van der Waals surface area contributed by atoms with Gasteiger partial charge in [0.15, 0.2) is 4.34 Å². The number of carbonyl (C=O) groups excluding carboxylic acids is 1. The monoisotopic (exact) mass is 357 g/mol. The van der Waals surface area contributed by atoms with Crippen LogP contribution in [0.5, 0.6) is 0 Å². The molecule has 24 heavy (non-hydrogen) atoms. The maximum absolute atomic E-state index is 11.9. The average Bonchev–Trinajstić information content (AvgIpc) is 3.22. The highest BCUT2D eigenvalue weighted by atomic mass is 32.2. The van der Waals surface area contributed by atoms with E-state index in [1.807, 2.05) is 12.1 Å². The summed E-state index contributed by atoms with van der Waals surface area (Å²) < 4.78 is 5.63. The fourth-order valence-electron chi connectivity index (χ4n) is 1.77. The molecule has 1 amide bonds. The van der Waals surface area contributed by atoms with E-state index in [9.17, 15) is 4.79 Å². The standard InChI is InChI=1S/C15H11N5O2S2/c1-9-6-12(22-20-9)13(21)17-14-18-19-15(24-14)23-8-11-4-2-10(7-16)3-5-11/h2-6H,8H2,1H3,(H,17,18,21). The van der Waals surface area contributed by atoms with Gasteiger partial charge in [0.1, 0.15) is 0 Å². The van der Waals surface area contributed by atoms with Crippen LogP contribution in [0.3, 0.4) is 0 Å². The molecule has 0 aliphatic heterocycles. The second-order valence-electron chi connectivity index (χ2n) is 4.76. The van der Waals surface area contributed by atoms with Gasteiger partial charge in [-0.05, 0) is 24.6 Å². The Hall–Kier alpha value is -2.70. The molecule has 0 aliphatic carbocycles. The number of hydrogen-bond acceptors (Lipinski definition) is 8. The molecule has 0 spiro atoms. The molecule has 0 unspecified atom stereocenters. The topological polar surface area (TPSA) is 105 Å². The summed E-state index contributed by atoms with van der Waals surface area (Å²) in [5.41, 5.74) is 2.35. The van der Waals surface area contributed by atoms with Crippen molar-refractivity contribution in [3.63, 3.8) is 0 Å². The highest BCUT2D eigenvalue weighted by Crippen LogP contribution is 2.28. The first-order chi connectivity index (χ1) is 11.6. The number of carbonyl (C=O) groups is 1. The maximum Gasteiger partial charge on any atom is 0.296 e. The van der Waals surface area contributed by atoms with Gasteiger partial charge in [-0.15, -0.1) is 10.2 Å². The molecular weight excluding hydrogens is 346 g/mol. The Balaban J connectivity index is 1.57. The number of nitriles is 1. The summed E-state index contributed by atoms with van der Waals surface area (Å²) in [6, 6.07) is 11.0. The first-order valence-corrected chi connectivity index (χ1v) is 8.64. The van der Waals surface area contributed by atoms with Crippen molar-refractivity contribution in [2.24, 2.45) is 0 Å². The van der Waals surface area contributed by atoms with Gasteiger partial charge < -0.3 is 4.52 Å². The van der Waals surface area contributed by atoms with Crippen LogP contribution in [0, 0.1) is 18.3 Å². The van der Waals surface area contributed by atoms with Gasteiger partial charge in [0.2, 0.25) is 10.9 Å². The van der Waals surface area contributed by atoms with E-state index in [4.69, 9.17) is 9.78 Å². The number of nitrogens with one attached hydrogen (secondary N) is 1. The van der Waals surface area contributed by atoms with Crippen molar-refractivity contribution in [1.82, 2.24) is 15.4 Å². The van der Waals surface area contributed by atoms with Crippen LogP contribution in [-0.2, 0) is 5.75 Å². The molecule has 3 aromatic rings. The third-order valence-electron chi connectivity index (χ3n) is 2.92. The fourth-order valence-corrected chi connectivity index (χ4v) is 3.47. The smallest absolute Gasteiger partial charge is 0.296 e. The lowest BCUT2D eigenvalue weighted by atomic mass is 10.2. The summed E-state index contributed by atoms with van der Waals surface area (Å²) in [6.07, 6.45) is 0. The van der Waals surface area contributed by atoms with E-state index in [2.05, 4.69) is 26.7 Å². The molecule has 0 saturated heterocycles. The number of benzene rings is 1. The minimum absolute atomic E-state index is 0.134. The van der Waals surface area contributed by atoms with Gasteiger partial charge in [-0.3, -0.25) is 10.1 Å². The lowest BCUT2D eigenvalue weighted by Crippen LogP contribution is -2.10. The van der Waals surface area contributed by atoms with Crippen molar-refractivity contribution in [3.05, 3.63) is 52.9 Å². The van der Waals surface area contributed by atoms with Crippen LogP contribution in [0.15, 0.2) is 39.2 Å². The van der Waals surface area contributed by atoms with Crippen molar-refractivity contribution in [2.45, 2.75) is 17.0 Å². The Kier molecular flexibility index (Phi) is 4.88. The van der Waals surface area contributed by atoms with E-state index in [-0.39, 0.29) is 5.76 Å². The zero-order valence-corrected chi connectivity index (χ0v) is 14.1. The van der Waals surface area contributed by atoms with Gasteiger partial charge in [0.25, 0.3) is 5.91 Å². The first-order valence-electron chi connectivity index (χ1n) is 6.84. The highest BCUT2D eigenvalue weighted by Gasteiger charge is 2.14. The van der Waals surface area contributed by atoms with Gasteiger partial charge in [-0.2, -0.15) is 5.26 Å². The number of amides is 1. The molecule has 0 bridgehead atoms. The van der Waals surface area contributed by atoms with Gasteiger partial charge in [-0.1, -0.05) is 40.4 Å². The molecule has 0 radical (unpaired) electrons. The third-order valence-corrected chi connectivity index (χ3v) is 4.97. The van der Waals surface area contributed by atoms with Crippen molar-refractivity contribution in [2.75, 3.05) is 5.32 Å². The van der Waals surface area contributed by atoms with E-state index in [0.29, 0.717) is 22.1 Å². The Labute approximate surface area is 145 Å². The summed E-state index contributed by atoms with van der Waals surface area (Å²) in [5.74, 6) is 0.431. The molecule has 0 fully saturated rings. The Morgan fingerprint density at radius 3 is 2.83 bits per heavy atom. The minimum Gasteiger partial charge on any atom is -0.351 e. The Bertz CT molecular complexity index is 895. The predicted molar refractivity (Wildman–Crippen MR) is 89.8 cm³/mol. The summed E-state index contributed by atoms with van der Waals surface area (Å²) in [5, 5.41) is 23.4. The average molecular weight is 357 g/mol. The van der Waals surface area contributed by atoms with Crippen molar-refractivity contribution < 1.29 is 9.32 Å². The van der Waals surface area contributed by atoms with Gasteiger partial charge >= 0.3 is 0 Å². The molecule has 3 rings (SSSR count). The molecule has 1 N–H and O–H groups in total. The van der Waals surface area contributed by atoms with Crippen molar-refractivity contribution in [1.29, 1.82) is 5.26 Å². The fraction of sp³-hybridized carbons (Fsp3) is 0.133. The van der Waals surface area contributed by atoms with E-state index in [1.54, 1.807) is 25.1 Å². The third kappa shape index (κ3) is 3.98. The van der Waals surface area contributed by atoms with E-state index in [1.165, 1.54) is 23.1 Å². The number of rotatable bonds is 5. The van der Waals surface area contributed by atoms with Crippen LogP contribution in [0.1, 0.15) is 27.4 Å². The number of hydrogen-bond donors (Lipinski definition) is 1. The summed E-state index contributed by atoms with van der Waals surface area (Å²) in [7, 11) is 0. The maximum atomic E-state index is 11.9. The van der Waals surface area contributed by atoms with E-state index >= 15 is 0 Å². The molecule has 0 aliphatic rings. The van der Waals surface area contributed by atoms with Crippen LogP contribution in [0.25, 0.3) is 0 Å². The van der Waals surface area contributed by atoms with E-state index < -0.39 is 5.91 Å². The summed E-state index contributed by atoms with van der Waals surface area (Å²) in [4.78, 5) is 11.9. The number of thioether (sulfide) groups is 1. The molecule has 9 heteroatoms. The molecule has 7 nitrogen and oxygen atoms in total. The minimum atomic E-state index is -0.407. The first kappa shape index (κ1) is 16.2. The second-order valence-corrected chi connectivity index (χ2v) is 6.96. The molecule has 2 aromatic heterocycles. The normalized spacial score (nSPS) is 10.3. The van der Waals surface area contributed by atoms with Crippen molar-refractivity contribution >= 4 is 34.1 Å². The SMILES string of the molecule is Cc1cc(C(=O)Nc2nnc(SCc3ccc(C#N)cc3)s2)on1. The molecule has 2 heterocycles. The molecular formula is C15H11N5O2S2. The summed E-state index contributed by atoms with van der Waals surface area (Å²) in [6.45, 7) is 1.74. The zero-order chi connectivity index (χ0) is 16.9. The Morgan fingerprint density at radius 2 is 2.17 bits per heavy atom. The largest absolute Gasteiger partial charge is 0.351 e. The molecule has 0 atom stereocenters. The lowest BCUT2D eigenvalue weighted by molar-refractivity contribution is 0.0988. The van der Waals surface area contributed by atoms with Gasteiger partial charge in [0, 0.05) is 11.8 Å². The highest BCUT2D eigenvalue weighted by molar-refractivity contribution is 8.00. The predicted octanol–water partition coefficient (Wildman–Crippen LogP) is 3.25. The van der Waals surface area contributed by atoms with Crippen LogP contribution in [0.4, 0.5) is 5.13 Å². The van der Waals surface area contributed by atoms with Gasteiger partial charge in [0.05, 0.1) is 17.3 Å². The van der Waals surface area contributed by atoms with Crippen molar-refractivity contribution in [3.8, 4) is 6.07 Å². The van der Waals surface area contributed by atoms with Crippen LogP contribution < -0.4 is 5.32 Å². The van der Waals surface area contributed by atoms with E-state index in [0.717, 1.165) is 9.90 Å². The van der Waals surface area contributed by atoms with Gasteiger partial charge in [-0.25, -0.2) is 0 Å². The number of nitrogens with zero attached hydrogens (tertiary/aromatic N) is 4.